The van der Waals surface area contributed by atoms with Crippen molar-refractivity contribution < 1.29 is 14.0 Å². The van der Waals surface area contributed by atoms with Gasteiger partial charge in [0.25, 0.3) is 11.8 Å². The molecule has 136 valence electrons. The van der Waals surface area contributed by atoms with Crippen molar-refractivity contribution in [2.45, 2.75) is 26.3 Å². The molecule has 0 spiro atoms. The highest BCUT2D eigenvalue weighted by Gasteiger charge is 2.22. The van der Waals surface area contributed by atoms with Crippen molar-refractivity contribution in [3.63, 3.8) is 0 Å². The minimum absolute atomic E-state index is 0.134. The molecular weight excluding hydrogens is 333 g/mol. The number of aromatic nitrogens is 1. The van der Waals surface area contributed by atoms with Gasteiger partial charge in [0, 0.05) is 31.4 Å². The zero-order chi connectivity index (χ0) is 18.5. The van der Waals surface area contributed by atoms with Crippen LogP contribution < -0.4 is 5.32 Å². The van der Waals surface area contributed by atoms with Crippen LogP contribution in [0, 0.1) is 11.7 Å². The predicted molar refractivity (Wildman–Crippen MR) is 96.1 cm³/mol. The Bertz CT molecular complexity index is 784. The van der Waals surface area contributed by atoms with E-state index in [4.69, 9.17) is 0 Å². The number of hydrogen-bond donors (Lipinski definition) is 1. The number of benzene rings is 1. The molecule has 5 nitrogen and oxygen atoms in total. The third-order valence-corrected chi connectivity index (χ3v) is 4.68. The highest BCUT2D eigenvalue weighted by Crippen LogP contribution is 2.18. The molecule has 0 unspecified atom stereocenters. The number of piperidine rings is 1. The molecule has 1 aromatic carbocycles. The van der Waals surface area contributed by atoms with Crippen molar-refractivity contribution in [1.29, 1.82) is 0 Å². The van der Waals surface area contributed by atoms with Crippen LogP contribution in [0.2, 0.25) is 0 Å². The highest BCUT2D eigenvalue weighted by molar-refractivity contribution is 5.98. The van der Waals surface area contributed by atoms with Gasteiger partial charge in [0.15, 0.2) is 0 Å². The molecule has 1 N–H and O–H groups in total. The lowest BCUT2D eigenvalue weighted by molar-refractivity contribution is 0.0691. The van der Waals surface area contributed by atoms with Crippen molar-refractivity contribution >= 4 is 11.8 Å². The number of hydrogen-bond acceptors (Lipinski definition) is 3. The molecule has 1 aromatic heterocycles. The molecule has 1 aliphatic rings. The first-order valence-electron chi connectivity index (χ1n) is 8.81. The lowest BCUT2D eigenvalue weighted by Crippen LogP contribution is -2.38. The van der Waals surface area contributed by atoms with Crippen molar-refractivity contribution in [3.8, 4) is 0 Å². The summed E-state index contributed by atoms with van der Waals surface area (Å²) in [5.41, 5.74) is 1.47. The molecule has 1 saturated heterocycles. The molecular formula is C20H22FN3O2. The summed E-state index contributed by atoms with van der Waals surface area (Å²) in [4.78, 5) is 30.9. The Kier molecular flexibility index (Phi) is 5.61. The lowest BCUT2D eigenvalue weighted by Gasteiger charge is -2.30. The Morgan fingerprint density at radius 2 is 1.88 bits per heavy atom. The summed E-state index contributed by atoms with van der Waals surface area (Å²) in [6, 6.07) is 9.05. The Morgan fingerprint density at radius 1 is 1.19 bits per heavy atom. The SMILES string of the molecule is CC1CCN(C(=O)c2cc(C(=O)NCc3ccc(F)cc3)ccn2)CC1. The number of pyridine rings is 1. The van der Waals surface area contributed by atoms with E-state index in [1.807, 2.05) is 0 Å². The third-order valence-electron chi connectivity index (χ3n) is 4.68. The van der Waals surface area contributed by atoms with E-state index >= 15 is 0 Å². The summed E-state index contributed by atoms with van der Waals surface area (Å²) in [7, 11) is 0. The van der Waals surface area contributed by atoms with Crippen molar-refractivity contribution in [2.75, 3.05) is 13.1 Å². The number of amides is 2. The molecule has 2 amide bonds. The molecule has 1 aliphatic heterocycles. The molecule has 0 radical (unpaired) electrons. The van der Waals surface area contributed by atoms with E-state index in [9.17, 15) is 14.0 Å². The molecule has 0 bridgehead atoms. The van der Waals surface area contributed by atoms with Gasteiger partial charge in [0.05, 0.1) is 0 Å². The fourth-order valence-corrected chi connectivity index (χ4v) is 2.95. The van der Waals surface area contributed by atoms with Crippen LogP contribution >= 0.6 is 0 Å². The molecule has 2 aromatic rings. The normalized spacial score (nSPS) is 14.9. The number of nitrogens with zero attached hydrogens (tertiary/aromatic N) is 2. The van der Waals surface area contributed by atoms with Crippen LogP contribution in [0.25, 0.3) is 0 Å². The summed E-state index contributed by atoms with van der Waals surface area (Å²) in [5.74, 6) is -0.108. The number of carbonyl (C=O) groups excluding carboxylic acids is 2. The molecule has 0 saturated carbocycles. The summed E-state index contributed by atoms with van der Waals surface area (Å²) in [6.45, 7) is 3.92. The summed E-state index contributed by atoms with van der Waals surface area (Å²) in [5, 5.41) is 2.77. The van der Waals surface area contributed by atoms with Crippen LogP contribution in [0.15, 0.2) is 42.6 Å². The average molecular weight is 355 g/mol. The maximum atomic E-state index is 12.9. The van der Waals surface area contributed by atoms with Crippen LogP contribution in [0.4, 0.5) is 4.39 Å². The van der Waals surface area contributed by atoms with Crippen molar-refractivity contribution in [2.24, 2.45) is 5.92 Å². The van der Waals surface area contributed by atoms with Crippen LogP contribution in [-0.2, 0) is 6.54 Å². The maximum absolute atomic E-state index is 12.9. The van der Waals surface area contributed by atoms with E-state index in [2.05, 4.69) is 17.2 Å². The van der Waals surface area contributed by atoms with Crippen LogP contribution in [0.1, 0.15) is 46.2 Å². The fourth-order valence-electron chi connectivity index (χ4n) is 2.95. The van der Waals surface area contributed by atoms with E-state index < -0.39 is 0 Å². The van der Waals surface area contributed by atoms with E-state index in [-0.39, 0.29) is 29.9 Å². The first-order valence-corrected chi connectivity index (χ1v) is 8.81. The minimum Gasteiger partial charge on any atom is -0.348 e. The van der Waals surface area contributed by atoms with Gasteiger partial charge in [0.2, 0.25) is 0 Å². The van der Waals surface area contributed by atoms with Gasteiger partial charge in [-0.25, -0.2) is 4.39 Å². The third kappa shape index (κ3) is 4.45. The van der Waals surface area contributed by atoms with Gasteiger partial charge in [-0.15, -0.1) is 0 Å². The van der Waals surface area contributed by atoms with Crippen LogP contribution in [0.3, 0.4) is 0 Å². The Hall–Kier alpha value is -2.76. The quantitative estimate of drug-likeness (QED) is 0.917. The highest BCUT2D eigenvalue weighted by atomic mass is 19.1. The molecule has 1 fully saturated rings. The number of rotatable bonds is 4. The maximum Gasteiger partial charge on any atom is 0.272 e. The van der Waals surface area contributed by atoms with Gasteiger partial charge in [0.1, 0.15) is 11.5 Å². The summed E-state index contributed by atoms with van der Waals surface area (Å²) >= 11 is 0. The van der Waals surface area contributed by atoms with E-state index in [1.54, 1.807) is 23.1 Å². The molecule has 6 heteroatoms. The second kappa shape index (κ2) is 8.08. The molecule has 2 heterocycles. The van der Waals surface area contributed by atoms with Gasteiger partial charge in [-0.2, -0.15) is 0 Å². The smallest absolute Gasteiger partial charge is 0.272 e. The van der Waals surface area contributed by atoms with E-state index in [0.29, 0.717) is 11.5 Å². The minimum atomic E-state index is -0.315. The molecule has 3 rings (SSSR count). The zero-order valence-electron chi connectivity index (χ0n) is 14.7. The summed E-state index contributed by atoms with van der Waals surface area (Å²) < 4.78 is 12.9. The number of carbonyl (C=O) groups is 2. The molecule has 0 aliphatic carbocycles. The number of halogens is 1. The Labute approximate surface area is 152 Å². The molecule has 0 atom stereocenters. The van der Waals surface area contributed by atoms with Gasteiger partial charge in [-0.1, -0.05) is 19.1 Å². The zero-order valence-corrected chi connectivity index (χ0v) is 14.7. The lowest BCUT2D eigenvalue weighted by atomic mass is 9.99. The predicted octanol–water partition coefficient (Wildman–Crippen LogP) is 3.02. The van der Waals surface area contributed by atoms with Gasteiger partial charge < -0.3 is 10.2 Å². The first kappa shape index (κ1) is 18.0. The largest absolute Gasteiger partial charge is 0.348 e. The van der Waals surface area contributed by atoms with Gasteiger partial charge >= 0.3 is 0 Å². The number of likely N-dealkylation sites (tertiary alicyclic amines) is 1. The fraction of sp³-hybridized carbons (Fsp3) is 0.350. The van der Waals surface area contributed by atoms with Crippen LogP contribution in [0.5, 0.6) is 0 Å². The topological polar surface area (TPSA) is 62.3 Å². The Balaban J connectivity index is 1.63. The number of nitrogens with one attached hydrogen (secondary N) is 1. The van der Waals surface area contributed by atoms with E-state index in [0.717, 1.165) is 31.5 Å². The standard InChI is InChI=1S/C20H22FN3O2/c1-14-7-10-24(11-8-14)20(26)18-12-16(6-9-22-18)19(25)23-13-15-2-4-17(21)5-3-15/h2-6,9,12,14H,7-8,10-11,13H2,1H3,(H,23,25). The van der Waals surface area contributed by atoms with Crippen molar-refractivity contribution in [1.82, 2.24) is 15.2 Å². The molecule has 26 heavy (non-hydrogen) atoms. The van der Waals surface area contributed by atoms with Gasteiger partial charge in [-0.05, 0) is 48.6 Å². The van der Waals surface area contributed by atoms with Gasteiger partial charge in [-0.3, -0.25) is 14.6 Å². The second-order valence-corrected chi connectivity index (χ2v) is 6.71. The average Bonchev–Trinajstić information content (AvgIpc) is 2.67. The second-order valence-electron chi connectivity index (χ2n) is 6.71. The summed E-state index contributed by atoms with van der Waals surface area (Å²) in [6.07, 6.45) is 3.46. The van der Waals surface area contributed by atoms with Crippen LogP contribution in [-0.4, -0.2) is 34.8 Å². The van der Waals surface area contributed by atoms with E-state index in [1.165, 1.54) is 24.4 Å². The van der Waals surface area contributed by atoms with Crippen molar-refractivity contribution in [3.05, 3.63) is 65.2 Å². The monoisotopic (exact) mass is 355 g/mol. The Morgan fingerprint density at radius 3 is 2.58 bits per heavy atom. The first-order chi connectivity index (χ1) is 12.5.